The Hall–Kier alpha value is -0.980. The molecular formula is C13H19N. The molecule has 0 aliphatic heterocycles. The number of para-hydroxylation sites is 1. The number of nitrogens with one attached hydrogen (secondary N) is 1. The lowest BCUT2D eigenvalue weighted by atomic mass is 10.1. The standard InChI is InChI=1S/C13H19N/c1-2-11-7-3-6-10-13(11)14-12-8-4-5-9-12/h3,6-7,10,12,14H,2,4-5,8-9H2,1H3. The average molecular weight is 189 g/mol. The highest BCUT2D eigenvalue weighted by molar-refractivity contribution is 5.51. The molecule has 1 fully saturated rings. The summed E-state index contributed by atoms with van der Waals surface area (Å²) in [6, 6.07) is 9.39. The Bertz CT molecular complexity index is 287. The van der Waals surface area contributed by atoms with Crippen LogP contribution in [0.1, 0.15) is 38.2 Å². The first-order chi connectivity index (χ1) is 6.90. The molecule has 0 amide bonds. The van der Waals surface area contributed by atoms with Gasteiger partial charge in [0.25, 0.3) is 0 Å². The van der Waals surface area contributed by atoms with Crippen LogP contribution in [-0.4, -0.2) is 6.04 Å². The highest BCUT2D eigenvalue weighted by Gasteiger charge is 2.14. The van der Waals surface area contributed by atoms with E-state index in [1.54, 1.807) is 0 Å². The molecule has 0 heterocycles. The molecule has 1 saturated carbocycles. The van der Waals surface area contributed by atoms with Crippen molar-refractivity contribution < 1.29 is 0 Å². The minimum absolute atomic E-state index is 0.725. The minimum Gasteiger partial charge on any atom is -0.382 e. The van der Waals surface area contributed by atoms with Crippen molar-refractivity contribution in [3.05, 3.63) is 29.8 Å². The third-order valence-electron chi connectivity index (χ3n) is 3.11. The number of hydrogen-bond donors (Lipinski definition) is 1. The zero-order valence-corrected chi connectivity index (χ0v) is 8.92. The van der Waals surface area contributed by atoms with Crippen LogP contribution in [0.15, 0.2) is 24.3 Å². The molecule has 1 aliphatic rings. The van der Waals surface area contributed by atoms with Crippen molar-refractivity contribution in [2.75, 3.05) is 5.32 Å². The van der Waals surface area contributed by atoms with Crippen molar-refractivity contribution in [1.82, 2.24) is 0 Å². The molecule has 1 aromatic carbocycles. The summed E-state index contributed by atoms with van der Waals surface area (Å²) in [6.45, 7) is 2.22. The zero-order chi connectivity index (χ0) is 9.80. The number of hydrogen-bond acceptors (Lipinski definition) is 1. The normalized spacial score (nSPS) is 17.2. The fraction of sp³-hybridized carbons (Fsp3) is 0.538. The Morgan fingerprint density at radius 2 is 1.93 bits per heavy atom. The molecule has 14 heavy (non-hydrogen) atoms. The van der Waals surface area contributed by atoms with Crippen LogP contribution < -0.4 is 5.32 Å². The molecule has 1 aromatic rings. The summed E-state index contributed by atoms with van der Waals surface area (Å²) >= 11 is 0. The highest BCUT2D eigenvalue weighted by atomic mass is 14.9. The van der Waals surface area contributed by atoms with Crippen LogP contribution in [-0.2, 0) is 6.42 Å². The minimum atomic E-state index is 0.725. The molecule has 0 saturated heterocycles. The van der Waals surface area contributed by atoms with Crippen LogP contribution in [0.3, 0.4) is 0 Å². The van der Waals surface area contributed by atoms with E-state index in [1.807, 2.05) is 0 Å². The Morgan fingerprint density at radius 3 is 2.64 bits per heavy atom. The Labute approximate surface area is 86.5 Å². The molecule has 0 unspecified atom stereocenters. The van der Waals surface area contributed by atoms with Gasteiger partial charge in [-0.2, -0.15) is 0 Å². The summed E-state index contributed by atoms with van der Waals surface area (Å²) in [4.78, 5) is 0. The van der Waals surface area contributed by atoms with Crippen molar-refractivity contribution in [2.45, 2.75) is 45.1 Å². The van der Waals surface area contributed by atoms with E-state index in [0.717, 1.165) is 12.5 Å². The van der Waals surface area contributed by atoms with Crippen molar-refractivity contribution >= 4 is 5.69 Å². The van der Waals surface area contributed by atoms with Crippen molar-refractivity contribution in [1.29, 1.82) is 0 Å². The fourth-order valence-electron chi connectivity index (χ4n) is 2.26. The van der Waals surface area contributed by atoms with Crippen LogP contribution >= 0.6 is 0 Å². The van der Waals surface area contributed by atoms with Gasteiger partial charge in [0.2, 0.25) is 0 Å². The lowest BCUT2D eigenvalue weighted by Crippen LogP contribution is -2.15. The van der Waals surface area contributed by atoms with E-state index in [4.69, 9.17) is 0 Å². The zero-order valence-electron chi connectivity index (χ0n) is 8.92. The van der Waals surface area contributed by atoms with Gasteiger partial charge in [-0.3, -0.25) is 0 Å². The van der Waals surface area contributed by atoms with E-state index in [9.17, 15) is 0 Å². The first-order valence-corrected chi connectivity index (χ1v) is 5.74. The van der Waals surface area contributed by atoms with E-state index in [0.29, 0.717) is 0 Å². The molecule has 1 N–H and O–H groups in total. The van der Waals surface area contributed by atoms with Gasteiger partial charge < -0.3 is 5.32 Å². The smallest absolute Gasteiger partial charge is 0.0374 e. The van der Waals surface area contributed by atoms with Crippen molar-refractivity contribution in [3.63, 3.8) is 0 Å². The Morgan fingerprint density at radius 1 is 1.21 bits per heavy atom. The molecule has 1 heteroatoms. The van der Waals surface area contributed by atoms with Crippen molar-refractivity contribution in [3.8, 4) is 0 Å². The summed E-state index contributed by atoms with van der Waals surface area (Å²) in [5.41, 5.74) is 2.79. The summed E-state index contributed by atoms with van der Waals surface area (Å²) < 4.78 is 0. The van der Waals surface area contributed by atoms with Crippen LogP contribution in [0.5, 0.6) is 0 Å². The van der Waals surface area contributed by atoms with Crippen molar-refractivity contribution in [2.24, 2.45) is 0 Å². The van der Waals surface area contributed by atoms with Crippen LogP contribution in [0.4, 0.5) is 5.69 Å². The van der Waals surface area contributed by atoms with E-state index in [2.05, 4.69) is 36.5 Å². The molecule has 0 aromatic heterocycles. The van der Waals surface area contributed by atoms with Gasteiger partial charge in [-0.25, -0.2) is 0 Å². The summed E-state index contributed by atoms with van der Waals surface area (Å²) in [5, 5.41) is 3.66. The maximum atomic E-state index is 3.66. The quantitative estimate of drug-likeness (QED) is 0.766. The van der Waals surface area contributed by atoms with E-state index < -0.39 is 0 Å². The second-order valence-corrected chi connectivity index (χ2v) is 4.14. The molecule has 0 bridgehead atoms. The Kier molecular flexibility index (Phi) is 3.07. The monoisotopic (exact) mass is 189 g/mol. The largest absolute Gasteiger partial charge is 0.382 e. The van der Waals surface area contributed by atoms with Gasteiger partial charge in [0.1, 0.15) is 0 Å². The lowest BCUT2D eigenvalue weighted by Gasteiger charge is -2.16. The molecule has 2 rings (SSSR count). The first kappa shape index (κ1) is 9.57. The maximum absolute atomic E-state index is 3.66. The lowest BCUT2D eigenvalue weighted by molar-refractivity contribution is 0.753. The molecule has 1 aliphatic carbocycles. The van der Waals surface area contributed by atoms with Crippen LogP contribution in [0.25, 0.3) is 0 Å². The van der Waals surface area contributed by atoms with Gasteiger partial charge in [-0.05, 0) is 30.9 Å². The molecule has 0 atom stereocenters. The fourth-order valence-corrected chi connectivity index (χ4v) is 2.26. The third kappa shape index (κ3) is 2.09. The summed E-state index contributed by atoms with van der Waals surface area (Å²) in [7, 11) is 0. The van der Waals surface area contributed by atoms with E-state index in [1.165, 1.54) is 36.9 Å². The van der Waals surface area contributed by atoms with Gasteiger partial charge in [0.05, 0.1) is 0 Å². The van der Waals surface area contributed by atoms with Gasteiger partial charge in [0, 0.05) is 11.7 Å². The van der Waals surface area contributed by atoms with Crippen LogP contribution in [0.2, 0.25) is 0 Å². The molecular weight excluding hydrogens is 170 g/mol. The van der Waals surface area contributed by atoms with Gasteiger partial charge >= 0.3 is 0 Å². The third-order valence-corrected chi connectivity index (χ3v) is 3.11. The van der Waals surface area contributed by atoms with Gasteiger partial charge in [0.15, 0.2) is 0 Å². The number of rotatable bonds is 3. The molecule has 76 valence electrons. The summed E-state index contributed by atoms with van der Waals surface area (Å²) in [6.07, 6.45) is 6.60. The number of benzene rings is 1. The maximum Gasteiger partial charge on any atom is 0.0374 e. The van der Waals surface area contributed by atoms with E-state index in [-0.39, 0.29) is 0 Å². The van der Waals surface area contributed by atoms with Gasteiger partial charge in [-0.1, -0.05) is 38.0 Å². The predicted octanol–water partition coefficient (Wildman–Crippen LogP) is 3.60. The number of aryl methyl sites for hydroxylation is 1. The average Bonchev–Trinajstić information content (AvgIpc) is 2.71. The van der Waals surface area contributed by atoms with Crippen LogP contribution in [0, 0.1) is 0 Å². The molecule has 0 radical (unpaired) electrons. The summed E-state index contributed by atoms with van der Waals surface area (Å²) in [5.74, 6) is 0. The predicted molar refractivity (Wildman–Crippen MR) is 61.7 cm³/mol. The van der Waals surface area contributed by atoms with Gasteiger partial charge in [-0.15, -0.1) is 0 Å². The SMILES string of the molecule is CCc1ccccc1NC1CCCC1. The number of anilines is 1. The highest BCUT2D eigenvalue weighted by Crippen LogP contribution is 2.24. The molecule has 0 spiro atoms. The Balaban J connectivity index is 2.07. The van der Waals surface area contributed by atoms with E-state index >= 15 is 0 Å². The second-order valence-electron chi connectivity index (χ2n) is 4.14. The molecule has 1 nitrogen and oxygen atoms in total. The second kappa shape index (κ2) is 4.50. The topological polar surface area (TPSA) is 12.0 Å². The first-order valence-electron chi connectivity index (χ1n) is 5.74.